The predicted octanol–water partition coefficient (Wildman–Crippen LogP) is 2.11. The standard InChI is InChI=1S/C62H102N12O12/c1-11-41(3)53-59(84)68(6)39-51(78)66(4)40-52(79)70(8)46(35-42-25-16-13-17-26-42)57(82)67(5)38-48(75)63-37-50(77)74-34-24-29-45(74)56(81)65-62(30-20-21-31-62)61(86)72(10)54(43-27-18-14-19-28-43)60(85)71(9)47(58(83)73-32-22-15-23-33-73)36-49(76)69(7)44(12-2)55(80)64-53/h41-47,53-54H,11-40H2,1-10H3,(H,63,75)(H,64,80)(H,65,81)/t41-,44?,45?,46?,47?,53?,54?/m0/s1. The average molecular weight is 1210 g/mol. The summed E-state index contributed by atoms with van der Waals surface area (Å²) in [5.74, 6) is -7.28. The fourth-order valence-corrected chi connectivity index (χ4v) is 14.0. The van der Waals surface area contributed by atoms with Crippen molar-refractivity contribution in [1.29, 1.82) is 0 Å². The Morgan fingerprint density at radius 2 is 1.14 bits per heavy atom. The molecule has 7 atom stereocenters. The van der Waals surface area contributed by atoms with Gasteiger partial charge in [-0.3, -0.25) is 57.5 Å². The number of fused-ring (bicyclic) bond motifs is 1. The van der Waals surface area contributed by atoms with Crippen molar-refractivity contribution >= 4 is 70.9 Å². The second-order valence-corrected chi connectivity index (χ2v) is 25.8. The van der Waals surface area contributed by atoms with Crippen molar-refractivity contribution in [2.45, 2.75) is 210 Å². The van der Waals surface area contributed by atoms with Gasteiger partial charge in [0.05, 0.1) is 32.6 Å². The summed E-state index contributed by atoms with van der Waals surface area (Å²) in [4.78, 5) is 186. The highest BCUT2D eigenvalue weighted by molar-refractivity contribution is 6.00. The summed E-state index contributed by atoms with van der Waals surface area (Å²) in [7, 11) is 10.3. The van der Waals surface area contributed by atoms with Gasteiger partial charge in [-0.25, -0.2) is 0 Å². The van der Waals surface area contributed by atoms with E-state index in [1.165, 1.54) is 81.5 Å². The molecule has 0 radical (unpaired) electrons. The number of carbonyl (C=O) groups is 12. The molecule has 0 bridgehead atoms. The molecule has 3 saturated heterocycles. The Morgan fingerprint density at radius 3 is 1.76 bits per heavy atom. The third kappa shape index (κ3) is 16.8. The predicted molar refractivity (Wildman–Crippen MR) is 321 cm³/mol. The summed E-state index contributed by atoms with van der Waals surface area (Å²) in [5.41, 5.74) is -1.43. The highest BCUT2D eigenvalue weighted by Gasteiger charge is 2.51. The molecule has 3 aliphatic carbocycles. The van der Waals surface area contributed by atoms with E-state index in [-0.39, 0.29) is 37.6 Å². The molecule has 0 aromatic heterocycles. The Hall–Kier alpha value is -6.36. The minimum absolute atomic E-state index is 0.110. The van der Waals surface area contributed by atoms with Gasteiger partial charge in [0.2, 0.25) is 70.9 Å². The molecule has 6 unspecified atom stereocenters. The molecule has 24 nitrogen and oxygen atoms in total. The topological polar surface area (TPSA) is 270 Å². The van der Waals surface area contributed by atoms with E-state index >= 15 is 9.59 Å². The van der Waals surface area contributed by atoms with E-state index in [4.69, 9.17) is 0 Å². The molecule has 6 rings (SSSR count). The highest BCUT2D eigenvalue weighted by atomic mass is 16.2. The quantitative estimate of drug-likeness (QED) is 0.331. The van der Waals surface area contributed by atoms with E-state index in [9.17, 15) is 47.9 Å². The number of hydrogen-bond donors (Lipinski definition) is 3. The van der Waals surface area contributed by atoms with E-state index in [0.29, 0.717) is 64.5 Å². The number of nitrogens with one attached hydrogen (secondary N) is 3. The first kappa shape index (κ1) is 68.7. The van der Waals surface area contributed by atoms with Crippen LogP contribution in [0.15, 0.2) is 0 Å². The van der Waals surface area contributed by atoms with Crippen molar-refractivity contribution in [3.8, 4) is 0 Å². The van der Waals surface area contributed by atoms with Crippen molar-refractivity contribution in [3.63, 3.8) is 0 Å². The summed E-state index contributed by atoms with van der Waals surface area (Å²) in [6, 6.07) is -6.64. The molecular formula is C62H102N12O12. The van der Waals surface area contributed by atoms with Crippen LogP contribution in [0.25, 0.3) is 0 Å². The summed E-state index contributed by atoms with van der Waals surface area (Å²) >= 11 is 0. The lowest BCUT2D eigenvalue weighted by molar-refractivity contribution is -0.157. The van der Waals surface area contributed by atoms with Crippen LogP contribution in [-0.4, -0.2) is 252 Å². The maximum Gasteiger partial charge on any atom is 0.248 e. The van der Waals surface area contributed by atoms with Crippen LogP contribution in [-0.2, 0) is 57.5 Å². The van der Waals surface area contributed by atoms with Gasteiger partial charge >= 0.3 is 0 Å². The fourth-order valence-electron chi connectivity index (χ4n) is 14.0. The number of likely N-dealkylation sites (tertiary alicyclic amines) is 1. The molecule has 3 aliphatic heterocycles. The second kappa shape index (κ2) is 31.5. The van der Waals surface area contributed by atoms with Gasteiger partial charge in [0, 0.05) is 69.0 Å². The van der Waals surface area contributed by atoms with Crippen LogP contribution in [0, 0.1) is 17.8 Å². The van der Waals surface area contributed by atoms with Gasteiger partial charge in [0.25, 0.3) is 0 Å². The lowest BCUT2D eigenvalue weighted by atomic mass is 9.81. The van der Waals surface area contributed by atoms with Crippen LogP contribution in [0.2, 0.25) is 0 Å². The molecule has 6 fully saturated rings. The van der Waals surface area contributed by atoms with Gasteiger partial charge in [0.15, 0.2) is 0 Å². The van der Waals surface area contributed by atoms with E-state index in [0.717, 1.165) is 70.6 Å². The van der Waals surface area contributed by atoms with Crippen LogP contribution < -0.4 is 16.0 Å². The molecule has 6 aliphatic rings. The zero-order valence-electron chi connectivity index (χ0n) is 53.3. The average Bonchev–Trinajstić information content (AvgIpc) is 2.08. The smallest absolute Gasteiger partial charge is 0.248 e. The molecule has 3 N–H and O–H groups in total. The summed E-state index contributed by atoms with van der Waals surface area (Å²) in [6.07, 6.45) is 13.8. The molecule has 12 amide bonds. The molecular weight excluding hydrogens is 1100 g/mol. The van der Waals surface area contributed by atoms with Gasteiger partial charge in [-0.15, -0.1) is 0 Å². The van der Waals surface area contributed by atoms with Crippen molar-refractivity contribution in [3.05, 3.63) is 0 Å². The Labute approximate surface area is 509 Å². The van der Waals surface area contributed by atoms with Crippen LogP contribution in [0.4, 0.5) is 0 Å². The van der Waals surface area contributed by atoms with Crippen molar-refractivity contribution in [2.24, 2.45) is 17.8 Å². The minimum atomic E-state index is -1.43. The molecule has 1 spiro atoms. The van der Waals surface area contributed by atoms with Gasteiger partial charge < -0.3 is 60.0 Å². The highest BCUT2D eigenvalue weighted by Crippen LogP contribution is 2.37. The maximum atomic E-state index is 15.5. The number of amides is 12. The fraction of sp³-hybridized carbons (Fsp3) is 0.806. The molecule has 0 aromatic carbocycles. The lowest BCUT2D eigenvalue weighted by Crippen LogP contribution is -2.65. The third-order valence-electron chi connectivity index (χ3n) is 19.8. The summed E-state index contributed by atoms with van der Waals surface area (Å²) in [5, 5.41) is 8.59. The van der Waals surface area contributed by atoms with Gasteiger partial charge in [0.1, 0.15) is 41.8 Å². The molecule has 3 heterocycles. The zero-order chi connectivity index (χ0) is 63.2. The van der Waals surface area contributed by atoms with Crippen molar-refractivity contribution in [2.75, 3.05) is 95.1 Å². The number of rotatable bonds is 7. The monoisotopic (exact) mass is 1210 g/mol. The van der Waals surface area contributed by atoms with Gasteiger partial charge in [-0.2, -0.15) is 0 Å². The molecule has 24 heteroatoms. The van der Waals surface area contributed by atoms with E-state index < -0.39 is 151 Å². The van der Waals surface area contributed by atoms with Crippen molar-refractivity contribution in [1.82, 2.24) is 60.0 Å². The van der Waals surface area contributed by atoms with Gasteiger partial charge in [-0.05, 0) is 88.4 Å². The second-order valence-electron chi connectivity index (χ2n) is 25.8. The largest absolute Gasteiger partial charge is 0.345 e. The minimum Gasteiger partial charge on any atom is -0.345 e. The number of likely N-dealkylation sites (N-methyl/N-ethyl adjacent to an activating group) is 7. The molecule has 0 aromatic rings. The van der Waals surface area contributed by atoms with E-state index in [2.05, 4.69) is 16.0 Å². The number of carbonyl (C=O) groups excluding carboxylic acids is 12. The Kier molecular flexibility index (Phi) is 25.2. The number of nitrogens with zero attached hydrogens (tertiary/aromatic N) is 9. The number of hydrogen-bond acceptors (Lipinski definition) is 12. The lowest BCUT2D eigenvalue weighted by Gasteiger charge is -2.43. The summed E-state index contributed by atoms with van der Waals surface area (Å²) < 4.78 is 0. The first-order valence-electron chi connectivity index (χ1n) is 32.1. The van der Waals surface area contributed by atoms with Crippen LogP contribution >= 0.6 is 0 Å². The Bertz CT molecular complexity index is 2450. The third-order valence-corrected chi connectivity index (χ3v) is 19.8. The molecule has 482 valence electrons. The van der Waals surface area contributed by atoms with E-state index in [1.54, 1.807) is 25.8 Å². The Morgan fingerprint density at radius 1 is 0.558 bits per heavy atom. The SMILES string of the molecule is CCC1C(=O)NC([C@@H](C)CC)C(=O)N(C)CC(=O)N(C)CC(=O)N(C)C(CC2CCCCC2)C(=O)N(C)CC(=O)NCC(=O)N2CCCC2C(=O)NC2(CCCC2)C(=O)N(C)C(C2CCCCC2)C(=O)N(C)C(C(=O)N2CCCCC2)CC(=O)N1C. The molecule has 86 heavy (non-hydrogen) atoms. The van der Waals surface area contributed by atoms with Crippen LogP contribution in [0.3, 0.4) is 0 Å². The molecule has 3 saturated carbocycles. The van der Waals surface area contributed by atoms with Crippen LogP contribution in [0.5, 0.6) is 0 Å². The number of piperidine rings is 1. The summed E-state index contributed by atoms with van der Waals surface area (Å²) in [6.45, 7) is 4.57. The zero-order valence-corrected chi connectivity index (χ0v) is 53.3. The van der Waals surface area contributed by atoms with E-state index in [1.807, 2.05) is 6.92 Å². The normalized spacial score (nSPS) is 28.3. The van der Waals surface area contributed by atoms with Crippen LogP contribution in [0.1, 0.15) is 168 Å². The maximum absolute atomic E-state index is 15.5. The first-order valence-corrected chi connectivity index (χ1v) is 32.1. The van der Waals surface area contributed by atoms with Crippen molar-refractivity contribution < 1.29 is 57.5 Å². The first-order chi connectivity index (χ1) is 40.9. The Balaban J connectivity index is 1.35. The van der Waals surface area contributed by atoms with Gasteiger partial charge in [-0.1, -0.05) is 91.4 Å².